The lowest BCUT2D eigenvalue weighted by molar-refractivity contribution is 0.102. The van der Waals surface area contributed by atoms with Gasteiger partial charge < -0.3 is 15.0 Å². The number of H-pyrrole nitrogens is 1. The highest BCUT2D eigenvalue weighted by molar-refractivity contribution is 7.99. The van der Waals surface area contributed by atoms with E-state index in [4.69, 9.17) is 4.74 Å². The number of fused-ring (bicyclic) bond motifs is 1. The quantitative estimate of drug-likeness (QED) is 0.702. The van der Waals surface area contributed by atoms with Crippen molar-refractivity contribution in [1.82, 2.24) is 9.88 Å². The zero-order chi connectivity index (χ0) is 18.6. The van der Waals surface area contributed by atoms with Gasteiger partial charge in [0.2, 0.25) is 0 Å². The molecule has 0 unspecified atom stereocenters. The standard InChI is InChI=1S/C21H23N3O2S/c1-26-17-5-2-4-16(12-17)23-21(25)18-6-3-7-19-20(18)15(13-22-19)14-24-8-10-27-11-9-24/h2-7,12-13,22H,8-11,14H2,1H3,(H,23,25). The Morgan fingerprint density at radius 2 is 2.04 bits per heavy atom. The number of aromatic nitrogens is 1. The van der Waals surface area contributed by atoms with Gasteiger partial charge in [0.25, 0.3) is 5.91 Å². The van der Waals surface area contributed by atoms with E-state index in [1.54, 1.807) is 7.11 Å². The highest BCUT2D eigenvalue weighted by Crippen LogP contribution is 2.26. The number of nitrogens with one attached hydrogen (secondary N) is 2. The summed E-state index contributed by atoms with van der Waals surface area (Å²) in [5, 5.41) is 4.01. The van der Waals surface area contributed by atoms with E-state index in [1.165, 1.54) is 17.1 Å². The van der Waals surface area contributed by atoms with Crippen LogP contribution in [0.1, 0.15) is 15.9 Å². The van der Waals surface area contributed by atoms with Crippen LogP contribution in [0.25, 0.3) is 10.9 Å². The summed E-state index contributed by atoms with van der Waals surface area (Å²) in [4.78, 5) is 18.8. The molecule has 0 spiro atoms. The molecule has 2 N–H and O–H groups in total. The number of hydrogen-bond donors (Lipinski definition) is 2. The Morgan fingerprint density at radius 3 is 2.85 bits per heavy atom. The van der Waals surface area contributed by atoms with E-state index in [9.17, 15) is 4.79 Å². The van der Waals surface area contributed by atoms with Crippen LogP contribution in [0.5, 0.6) is 5.75 Å². The van der Waals surface area contributed by atoms with Crippen molar-refractivity contribution in [3.05, 3.63) is 59.8 Å². The lowest BCUT2D eigenvalue weighted by Crippen LogP contribution is -2.31. The molecule has 1 fully saturated rings. The maximum absolute atomic E-state index is 13.0. The average Bonchev–Trinajstić information content (AvgIpc) is 3.12. The van der Waals surface area contributed by atoms with Crippen LogP contribution in [0.15, 0.2) is 48.7 Å². The first kappa shape index (κ1) is 17.9. The summed E-state index contributed by atoms with van der Waals surface area (Å²) in [5.74, 6) is 2.96. The van der Waals surface area contributed by atoms with Crippen LogP contribution < -0.4 is 10.1 Å². The van der Waals surface area contributed by atoms with Crippen LogP contribution in [0.3, 0.4) is 0 Å². The van der Waals surface area contributed by atoms with E-state index >= 15 is 0 Å². The molecule has 0 aliphatic carbocycles. The van der Waals surface area contributed by atoms with Crippen LogP contribution >= 0.6 is 11.8 Å². The monoisotopic (exact) mass is 381 g/mol. The Bertz CT molecular complexity index is 948. The molecule has 3 aromatic rings. The number of thioether (sulfide) groups is 1. The molecule has 140 valence electrons. The predicted molar refractivity (Wildman–Crippen MR) is 112 cm³/mol. The van der Waals surface area contributed by atoms with Gasteiger partial charge in [0, 0.05) is 65.6 Å². The summed E-state index contributed by atoms with van der Waals surface area (Å²) >= 11 is 2.00. The first-order chi connectivity index (χ1) is 13.2. The number of carbonyl (C=O) groups is 1. The van der Waals surface area contributed by atoms with Gasteiger partial charge in [0.15, 0.2) is 0 Å². The number of rotatable bonds is 5. The molecule has 0 bridgehead atoms. The van der Waals surface area contributed by atoms with Gasteiger partial charge in [-0.1, -0.05) is 12.1 Å². The van der Waals surface area contributed by atoms with Crippen molar-refractivity contribution in [2.45, 2.75) is 6.54 Å². The van der Waals surface area contributed by atoms with Crippen LogP contribution in [0.2, 0.25) is 0 Å². The number of hydrogen-bond acceptors (Lipinski definition) is 4. The first-order valence-electron chi connectivity index (χ1n) is 9.09. The SMILES string of the molecule is COc1cccc(NC(=O)c2cccc3[nH]cc(CN4CCSCC4)c23)c1. The van der Waals surface area contributed by atoms with E-state index in [-0.39, 0.29) is 5.91 Å². The van der Waals surface area contributed by atoms with Crippen molar-refractivity contribution < 1.29 is 9.53 Å². The van der Waals surface area contributed by atoms with Crippen LogP contribution in [-0.2, 0) is 6.54 Å². The minimum absolute atomic E-state index is 0.107. The lowest BCUT2D eigenvalue weighted by Gasteiger charge is -2.26. The summed E-state index contributed by atoms with van der Waals surface area (Å²) in [6.07, 6.45) is 2.04. The summed E-state index contributed by atoms with van der Waals surface area (Å²) < 4.78 is 5.24. The van der Waals surface area contributed by atoms with Crippen LogP contribution in [0.4, 0.5) is 5.69 Å². The number of benzene rings is 2. The average molecular weight is 382 g/mol. The topological polar surface area (TPSA) is 57.4 Å². The minimum Gasteiger partial charge on any atom is -0.497 e. The number of nitrogens with zero attached hydrogens (tertiary/aromatic N) is 1. The first-order valence-corrected chi connectivity index (χ1v) is 10.2. The van der Waals surface area contributed by atoms with Crippen molar-refractivity contribution in [2.24, 2.45) is 0 Å². The van der Waals surface area contributed by atoms with Gasteiger partial charge in [-0.05, 0) is 29.8 Å². The second-order valence-corrected chi connectivity index (χ2v) is 7.84. The maximum atomic E-state index is 13.0. The number of carbonyl (C=O) groups excluding carboxylic acids is 1. The second-order valence-electron chi connectivity index (χ2n) is 6.62. The third-order valence-electron chi connectivity index (χ3n) is 4.86. The summed E-state index contributed by atoms with van der Waals surface area (Å²) in [5.41, 5.74) is 3.59. The summed E-state index contributed by atoms with van der Waals surface area (Å²) in [6.45, 7) is 3.05. The Labute approximate surface area is 163 Å². The van der Waals surface area contributed by atoms with E-state index < -0.39 is 0 Å². The van der Waals surface area contributed by atoms with Crippen LogP contribution in [0, 0.1) is 0 Å². The summed E-state index contributed by atoms with van der Waals surface area (Å²) in [6, 6.07) is 13.2. The van der Waals surface area contributed by atoms with Crippen molar-refractivity contribution in [1.29, 1.82) is 0 Å². The van der Waals surface area contributed by atoms with Crippen molar-refractivity contribution >= 4 is 34.3 Å². The molecule has 27 heavy (non-hydrogen) atoms. The number of anilines is 1. The zero-order valence-corrected chi connectivity index (χ0v) is 16.1. The highest BCUT2D eigenvalue weighted by atomic mass is 32.2. The Kier molecular flexibility index (Phi) is 5.36. The Balaban J connectivity index is 1.62. The third-order valence-corrected chi connectivity index (χ3v) is 5.80. The molecule has 2 aromatic carbocycles. The van der Waals surface area contributed by atoms with E-state index in [0.29, 0.717) is 5.56 Å². The lowest BCUT2D eigenvalue weighted by atomic mass is 10.0. The smallest absolute Gasteiger partial charge is 0.256 e. The molecular formula is C21H23N3O2S. The molecule has 6 heteroatoms. The van der Waals surface area contributed by atoms with Gasteiger partial charge in [0.05, 0.1) is 7.11 Å². The largest absolute Gasteiger partial charge is 0.497 e. The fraction of sp³-hybridized carbons (Fsp3) is 0.286. The van der Waals surface area contributed by atoms with Crippen molar-refractivity contribution in [3.63, 3.8) is 0 Å². The Hall–Kier alpha value is -2.44. The number of amides is 1. The number of ether oxygens (including phenoxy) is 1. The molecule has 0 radical (unpaired) electrons. The highest BCUT2D eigenvalue weighted by Gasteiger charge is 2.18. The summed E-state index contributed by atoms with van der Waals surface area (Å²) in [7, 11) is 1.62. The van der Waals surface area contributed by atoms with Gasteiger partial charge >= 0.3 is 0 Å². The number of aromatic amines is 1. The third kappa shape index (κ3) is 3.96. The Morgan fingerprint density at radius 1 is 1.22 bits per heavy atom. The van der Waals surface area contributed by atoms with Gasteiger partial charge in [0.1, 0.15) is 5.75 Å². The normalized spacial score (nSPS) is 15.0. The van der Waals surface area contributed by atoms with E-state index in [0.717, 1.165) is 42.0 Å². The molecule has 2 heterocycles. The molecular weight excluding hydrogens is 358 g/mol. The molecule has 1 aromatic heterocycles. The van der Waals surface area contributed by atoms with Crippen molar-refractivity contribution in [3.8, 4) is 5.75 Å². The van der Waals surface area contributed by atoms with E-state index in [1.807, 2.05) is 60.4 Å². The molecule has 1 aliphatic rings. The van der Waals surface area contributed by atoms with Gasteiger partial charge in [-0.15, -0.1) is 0 Å². The second kappa shape index (κ2) is 8.06. The molecule has 5 nitrogen and oxygen atoms in total. The molecule has 1 saturated heterocycles. The molecule has 1 aliphatic heterocycles. The van der Waals surface area contributed by atoms with Gasteiger partial charge in [-0.3, -0.25) is 9.69 Å². The predicted octanol–water partition coefficient (Wildman–Crippen LogP) is 3.98. The zero-order valence-electron chi connectivity index (χ0n) is 15.3. The fourth-order valence-electron chi connectivity index (χ4n) is 3.47. The molecule has 0 atom stereocenters. The van der Waals surface area contributed by atoms with Crippen molar-refractivity contribution in [2.75, 3.05) is 37.0 Å². The van der Waals surface area contributed by atoms with Gasteiger partial charge in [-0.25, -0.2) is 0 Å². The fourth-order valence-corrected chi connectivity index (χ4v) is 4.45. The number of methoxy groups -OCH3 is 1. The minimum atomic E-state index is -0.107. The molecule has 4 rings (SSSR count). The maximum Gasteiger partial charge on any atom is 0.256 e. The van der Waals surface area contributed by atoms with Crippen LogP contribution in [-0.4, -0.2) is 47.5 Å². The molecule has 0 saturated carbocycles. The molecule has 1 amide bonds. The van der Waals surface area contributed by atoms with Gasteiger partial charge in [-0.2, -0.15) is 11.8 Å². The van der Waals surface area contributed by atoms with E-state index in [2.05, 4.69) is 15.2 Å².